The van der Waals surface area contributed by atoms with Crippen molar-refractivity contribution in [2.75, 3.05) is 30.4 Å². The lowest BCUT2D eigenvalue weighted by Crippen LogP contribution is -2.27. The van der Waals surface area contributed by atoms with Crippen molar-refractivity contribution < 1.29 is 14.3 Å². The second kappa shape index (κ2) is 9.55. The molecule has 0 atom stereocenters. The molecule has 8 heteroatoms. The molecule has 172 valence electrons. The summed E-state index contributed by atoms with van der Waals surface area (Å²) in [6.45, 7) is 5.05. The summed E-state index contributed by atoms with van der Waals surface area (Å²) >= 11 is 0. The summed E-state index contributed by atoms with van der Waals surface area (Å²) in [5.74, 6) is 0.254. The number of urea groups is 1. The molecule has 2 N–H and O–H groups in total. The number of benzene rings is 2. The number of carbonyl (C=O) groups excluding carboxylic acids is 2. The van der Waals surface area contributed by atoms with Crippen LogP contribution in [0.1, 0.15) is 17.0 Å². The lowest BCUT2D eigenvalue weighted by atomic mass is 10.1. The second-order valence-electron chi connectivity index (χ2n) is 7.92. The van der Waals surface area contributed by atoms with Crippen molar-refractivity contribution in [3.63, 3.8) is 0 Å². The Balaban J connectivity index is 1.57. The van der Waals surface area contributed by atoms with Crippen LogP contribution in [0.2, 0.25) is 0 Å². The van der Waals surface area contributed by atoms with Crippen LogP contribution in [0.25, 0.3) is 11.8 Å². The normalized spacial score (nSPS) is 13.4. The molecule has 8 nitrogen and oxygen atoms in total. The van der Waals surface area contributed by atoms with Crippen molar-refractivity contribution in [3.8, 4) is 17.5 Å². The van der Waals surface area contributed by atoms with Crippen LogP contribution in [0.15, 0.2) is 60.2 Å². The zero-order valence-electron chi connectivity index (χ0n) is 19.3. The van der Waals surface area contributed by atoms with E-state index in [-0.39, 0.29) is 11.6 Å². The maximum Gasteiger partial charge on any atom is 0.321 e. The molecule has 1 aliphatic heterocycles. The molecule has 3 aromatic rings. The molecule has 0 radical (unpaired) electrons. The van der Waals surface area contributed by atoms with Gasteiger partial charge in [0, 0.05) is 41.5 Å². The standard InChI is InChI=1S/C26H25N5O3/c1-17-13-19(18(2)31(17)22-7-9-24(34-3)10-8-22)14-20(16-27)25(32)29-21-5-4-6-23(15-21)30-12-11-28-26(30)33/h4-10,13-15H,11-12H2,1-3H3,(H,28,33)(H,29,32)/b20-14+. The molecule has 1 saturated heterocycles. The van der Waals surface area contributed by atoms with Gasteiger partial charge in [-0.3, -0.25) is 9.69 Å². The molecular weight excluding hydrogens is 430 g/mol. The summed E-state index contributed by atoms with van der Waals surface area (Å²) in [5.41, 5.74) is 4.79. The molecule has 3 amide bonds. The predicted molar refractivity (Wildman–Crippen MR) is 131 cm³/mol. The number of carbonyl (C=O) groups is 2. The third-order valence-electron chi connectivity index (χ3n) is 5.74. The molecule has 0 unspecified atom stereocenters. The number of ether oxygens (including phenoxy) is 1. The maximum atomic E-state index is 12.9. The summed E-state index contributed by atoms with van der Waals surface area (Å²) in [5, 5.41) is 15.2. The Morgan fingerprint density at radius 2 is 1.91 bits per heavy atom. The van der Waals surface area contributed by atoms with E-state index >= 15 is 0 Å². The minimum atomic E-state index is -0.514. The maximum absolute atomic E-state index is 12.9. The largest absolute Gasteiger partial charge is 0.497 e. The van der Waals surface area contributed by atoms with E-state index in [0.29, 0.717) is 24.5 Å². The number of hydrogen-bond acceptors (Lipinski definition) is 4. The Kier molecular flexibility index (Phi) is 6.37. The van der Waals surface area contributed by atoms with Crippen molar-refractivity contribution in [3.05, 3.63) is 77.1 Å². The van der Waals surface area contributed by atoms with Gasteiger partial charge >= 0.3 is 6.03 Å². The highest BCUT2D eigenvalue weighted by atomic mass is 16.5. The number of hydrogen-bond donors (Lipinski definition) is 2. The number of aryl methyl sites for hydroxylation is 1. The van der Waals surface area contributed by atoms with E-state index < -0.39 is 5.91 Å². The molecule has 0 saturated carbocycles. The van der Waals surface area contributed by atoms with Crippen LogP contribution in [0.4, 0.5) is 16.2 Å². The molecule has 1 aromatic heterocycles. The van der Waals surface area contributed by atoms with Crippen molar-refractivity contribution in [1.29, 1.82) is 5.26 Å². The van der Waals surface area contributed by atoms with Crippen molar-refractivity contribution in [2.45, 2.75) is 13.8 Å². The average Bonchev–Trinajstić information content (AvgIpc) is 3.39. The van der Waals surface area contributed by atoms with Crippen LogP contribution in [-0.2, 0) is 4.79 Å². The van der Waals surface area contributed by atoms with Crippen LogP contribution in [0.5, 0.6) is 5.75 Å². The predicted octanol–water partition coefficient (Wildman–Crippen LogP) is 4.18. The first-order chi connectivity index (χ1) is 16.4. The van der Waals surface area contributed by atoms with Gasteiger partial charge in [0.2, 0.25) is 0 Å². The molecule has 0 bridgehead atoms. The average molecular weight is 456 g/mol. The minimum Gasteiger partial charge on any atom is -0.497 e. The summed E-state index contributed by atoms with van der Waals surface area (Å²) < 4.78 is 7.29. The number of anilines is 2. The first kappa shape index (κ1) is 22.7. The smallest absolute Gasteiger partial charge is 0.321 e. The van der Waals surface area contributed by atoms with Crippen molar-refractivity contribution in [2.24, 2.45) is 0 Å². The molecule has 0 aliphatic carbocycles. The Bertz CT molecular complexity index is 1320. The second-order valence-corrected chi connectivity index (χ2v) is 7.92. The highest BCUT2D eigenvalue weighted by Gasteiger charge is 2.21. The molecule has 2 aromatic carbocycles. The summed E-state index contributed by atoms with van der Waals surface area (Å²) in [7, 11) is 1.62. The van der Waals surface area contributed by atoms with Gasteiger partial charge in [-0.1, -0.05) is 6.07 Å². The van der Waals surface area contributed by atoms with E-state index in [9.17, 15) is 14.9 Å². The van der Waals surface area contributed by atoms with Crippen LogP contribution >= 0.6 is 0 Å². The zero-order valence-corrected chi connectivity index (χ0v) is 19.3. The third-order valence-corrected chi connectivity index (χ3v) is 5.74. The number of methoxy groups -OCH3 is 1. The third kappa shape index (κ3) is 4.50. The minimum absolute atomic E-state index is 0.0145. The van der Waals surface area contributed by atoms with E-state index in [1.807, 2.05) is 50.2 Å². The fourth-order valence-corrected chi connectivity index (χ4v) is 4.03. The number of nitriles is 1. The van der Waals surface area contributed by atoms with E-state index in [1.165, 1.54) is 0 Å². The monoisotopic (exact) mass is 455 g/mol. The summed E-state index contributed by atoms with van der Waals surface area (Å²) in [6, 6.07) is 18.5. The van der Waals surface area contributed by atoms with Gasteiger partial charge in [0.05, 0.1) is 7.11 Å². The molecule has 2 heterocycles. The Morgan fingerprint density at radius 3 is 2.56 bits per heavy atom. The van der Waals surface area contributed by atoms with E-state index in [2.05, 4.69) is 15.2 Å². The number of amides is 3. The van der Waals surface area contributed by atoms with E-state index in [0.717, 1.165) is 28.4 Å². The van der Waals surface area contributed by atoms with Gasteiger partial charge in [0.1, 0.15) is 17.4 Å². The number of rotatable bonds is 6. The van der Waals surface area contributed by atoms with Crippen LogP contribution < -0.4 is 20.3 Å². The topological polar surface area (TPSA) is 99.4 Å². The fraction of sp³-hybridized carbons (Fsp3) is 0.192. The first-order valence-corrected chi connectivity index (χ1v) is 10.8. The van der Waals surface area contributed by atoms with Gasteiger partial charge in [0.25, 0.3) is 5.91 Å². The van der Waals surface area contributed by atoms with Gasteiger partial charge in [0.15, 0.2) is 0 Å². The van der Waals surface area contributed by atoms with Gasteiger partial charge < -0.3 is 19.9 Å². The van der Waals surface area contributed by atoms with Gasteiger partial charge in [-0.15, -0.1) is 0 Å². The van der Waals surface area contributed by atoms with Crippen molar-refractivity contribution >= 4 is 29.4 Å². The Labute approximate surface area is 198 Å². The molecule has 0 spiro atoms. The van der Waals surface area contributed by atoms with Gasteiger partial charge in [-0.05, 0) is 74.0 Å². The van der Waals surface area contributed by atoms with Crippen LogP contribution in [0, 0.1) is 25.2 Å². The summed E-state index contributed by atoms with van der Waals surface area (Å²) in [6.07, 6.45) is 1.59. The molecule has 34 heavy (non-hydrogen) atoms. The van der Waals surface area contributed by atoms with E-state index in [1.54, 1.807) is 42.4 Å². The van der Waals surface area contributed by atoms with Gasteiger partial charge in [-0.2, -0.15) is 5.26 Å². The Hall–Kier alpha value is -4.51. The highest BCUT2D eigenvalue weighted by Crippen LogP contribution is 2.25. The number of nitrogens with one attached hydrogen (secondary N) is 2. The number of aromatic nitrogens is 1. The van der Waals surface area contributed by atoms with Gasteiger partial charge in [-0.25, -0.2) is 4.79 Å². The molecule has 4 rings (SSSR count). The highest BCUT2D eigenvalue weighted by molar-refractivity contribution is 6.10. The zero-order chi connectivity index (χ0) is 24.2. The summed E-state index contributed by atoms with van der Waals surface area (Å²) in [4.78, 5) is 26.4. The number of nitrogens with zero attached hydrogens (tertiary/aromatic N) is 3. The van der Waals surface area contributed by atoms with Crippen molar-refractivity contribution in [1.82, 2.24) is 9.88 Å². The van der Waals surface area contributed by atoms with Crippen LogP contribution in [0.3, 0.4) is 0 Å². The fourth-order valence-electron chi connectivity index (χ4n) is 4.03. The first-order valence-electron chi connectivity index (χ1n) is 10.8. The van der Waals surface area contributed by atoms with E-state index in [4.69, 9.17) is 4.74 Å². The Morgan fingerprint density at radius 1 is 1.15 bits per heavy atom. The lowest BCUT2D eigenvalue weighted by Gasteiger charge is -2.15. The van der Waals surface area contributed by atoms with Crippen LogP contribution in [-0.4, -0.2) is 36.7 Å². The quantitative estimate of drug-likeness (QED) is 0.430. The SMILES string of the molecule is COc1ccc(-n2c(C)cc(/C=C(\C#N)C(=O)Nc3cccc(N4CCNC4=O)c3)c2C)cc1. The molecule has 1 fully saturated rings. The molecule has 1 aliphatic rings. The lowest BCUT2D eigenvalue weighted by molar-refractivity contribution is -0.112. The molecular formula is C26H25N5O3.